The van der Waals surface area contributed by atoms with Gasteiger partial charge in [0.05, 0.1) is 24.7 Å². The van der Waals surface area contributed by atoms with Gasteiger partial charge in [0, 0.05) is 37.6 Å². The molecule has 1 aliphatic heterocycles. The molecule has 3 rings (SSSR count). The molecule has 0 spiro atoms. The van der Waals surface area contributed by atoms with Crippen LogP contribution in [-0.2, 0) is 14.8 Å². The van der Waals surface area contributed by atoms with Crippen molar-refractivity contribution in [2.24, 2.45) is 0 Å². The van der Waals surface area contributed by atoms with Crippen LogP contribution in [-0.4, -0.2) is 72.4 Å². The van der Waals surface area contributed by atoms with Gasteiger partial charge in [0.2, 0.25) is 10.0 Å². The van der Waals surface area contributed by atoms with E-state index in [1.54, 1.807) is 30.6 Å². The number of aromatic nitrogens is 3. The first-order valence-corrected chi connectivity index (χ1v) is 9.59. The largest absolute Gasteiger partial charge is 0.374 e. The second-order valence-corrected chi connectivity index (χ2v) is 7.71. The van der Waals surface area contributed by atoms with Crippen LogP contribution in [0, 0.1) is 0 Å². The lowest BCUT2D eigenvalue weighted by molar-refractivity contribution is 0.000412. The smallest absolute Gasteiger partial charge is 0.269 e. The summed E-state index contributed by atoms with van der Waals surface area (Å²) in [4.78, 5) is 16.2. The van der Waals surface area contributed by atoms with Gasteiger partial charge in [-0.1, -0.05) is 0 Å². The van der Waals surface area contributed by atoms with Crippen molar-refractivity contribution >= 4 is 15.9 Å². The molecule has 3 heterocycles. The number of rotatable bonds is 5. The van der Waals surface area contributed by atoms with Crippen LogP contribution in [0.4, 0.5) is 0 Å². The molecule has 1 atom stereocenters. The first-order valence-electron chi connectivity index (χ1n) is 7.74. The molecule has 134 valence electrons. The number of nitrogens with zero attached hydrogens (tertiary/aromatic N) is 3. The van der Waals surface area contributed by atoms with Crippen molar-refractivity contribution in [2.45, 2.75) is 6.10 Å². The molecule has 1 amide bonds. The van der Waals surface area contributed by atoms with Crippen molar-refractivity contribution in [1.82, 2.24) is 24.8 Å². The van der Waals surface area contributed by atoms with Gasteiger partial charge >= 0.3 is 0 Å². The van der Waals surface area contributed by atoms with Crippen LogP contribution in [0.25, 0.3) is 11.3 Å². The molecule has 10 heteroatoms. The standard InChI is InChI=1S/C15H19N5O4S/c1-25(22,23)20-6-7-24-12(10-20)9-17-15(21)14-8-13(18-19-14)11-2-4-16-5-3-11/h2-5,8,12H,6-7,9-10H2,1H3,(H,17,21)(H,18,19)/t12-/m1/s1. The molecular formula is C15H19N5O4S. The monoisotopic (exact) mass is 365 g/mol. The van der Waals surface area contributed by atoms with Gasteiger partial charge in [-0.2, -0.15) is 9.40 Å². The molecule has 0 aromatic carbocycles. The van der Waals surface area contributed by atoms with Crippen LogP contribution in [0.1, 0.15) is 10.5 Å². The van der Waals surface area contributed by atoms with Gasteiger partial charge in [-0.25, -0.2) is 8.42 Å². The third kappa shape index (κ3) is 4.41. The Hall–Kier alpha value is -2.30. The van der Waals surface area contributed by atoms with Gasteiger partial charge in [0.15, 0.2) is 0 Å². The summed E-state index contributed by atoms with van der Waals surface area (Å²) >= 11 is 0. The summed E-state index contributed by atoms with van der Waals surface area (Å²) in [5.74, 6) is -0.326. The average molecular weight is 365 g/mol. The number of amides is 1. The van der Waals surface area contributed by atoms with Gasteiger partial charge in [0.1, 0.15) is 5.69 Å². The van der Waals surface area contributed by atoms with E-state index in [0.29, 0.717) is 24.5 Å². The highest BCUT2D eigenvalue weighted by Crippen LogP contribution is 2.16. The molecular weight excluding hydrogens is 346 g/mol. The summed E-state index contributed by atoms with van der Waals surface area (Å²) in [5.41, 5.74) is 1.82. The first-order chi connectivity index (χ1) is 11.9. The fourth-order valence-corrected chi connectivity index (χ4v) is 3.37. The minimum atomic E-state index is -3.26. The van der Waals surface area contributed by atoms with Crippen molar-refractivity contribution in [1.29, 1.82) is 0 Å². The molecule has 0 aliphatic carbocycles. The van der Waals surface area contributed by atoms with Crippen LogP contribution in [0.5, 0.6) is 0 Å². The fraction of sp³-hybridized carbons (Fsp3) is 0.400. The maximum Gasteiger partial charge on any atom is 0.269 e. The lowest BCUT2D eigenvalue weighted by Crippen LogP contribution is -2.49. The van der Waals surface area contributed by atoms with Crippen molar-refractivity contribution < 1.29 is 17.9 Å². The van der Waals surface area contributed by atoms with Crippen LogP contribution >= 0.6 is 0 Å². The number of pyridine rings is 1. The third-order valence-electron chi connectivity index (χ3n) is 3.86. The number of carbonyl (C=O) groups is 1. The van der Waals surface area contributed by atoms with E-state index in [9.17, 15) is 13.2 Å². The predicted octanol–water partition coefficient (Wildman–Crippen LogP) is -0.138. The Morgan fingerprint density at radius 2 is 2.20 bits per heavy atom. The summed E-state index contributed by atoms with van der Waals surface area (Å²) in [6.45, 7) is 1.09. The lowest BCUT2D eigenvalue weighted by Gasteiger charge is -2.31. The zero-order valence-electron chi connectivity index (χ0n) is 13.7. The van der Waals surface area contributed by atoms with Crippen molar-refractivity contribution in [3.63, 3.8) is 0 Å². The second kappa shape index (κ2) is 7.30. The van der Waals surface area contributed by atoms with Crippen LogP contribution < -0.4 is 5.32 Å². The summed E-state index contributed by atoms with van der Waals surface area (Å²) in [6.07, 6.45) is 4.09. The average Bonchev–Trinajstić information content (AvgIpc) is 3.10. The number of nitrogens with one attached hydrogen (secondary N) is 2. The van der Waals surface area contributed by atoms with E-state index in [2.05, 4.69) is 20.5 Å². The topological polar surface area (TPSA) is 117 Å². The third-order valence-corrected chi connectivity index (χ3v) is 5.13. The Bertz CT molecular complexity index is 837. The SMILES string of the molecule is CS(=O)(=O)N1CCO[C@H](CNC(=O)c2cc(-c3ccncc3)n[nH]2)C1. The molecule has 1 aliphatic rings. The van der Waals surface area contributed by atoms with E-state index in [1.165, 1.54) is 10.6 Å². The summed E-state index contributed by atoms with van der Waals surface area (Å²) in [5, 5.41) is 9.55. The number of morpholine rings is 1. The molecule has 9 nitrogen and oxygen atoms in total. The number of hydrogen-bond acceptors (Lipinski definition) is 6. The van der Waals surface area contributed by atoms with E-state index < -0.39 is 10.0 Å². The van der Waals surface area contributed by atoms with Crippen molar-refractivity contribution in [3.8, 4) is 11.3 Å². The number of sulfonamides is 1. The van der Waals surface area contributed by atoms with Crippen molar-refractivity contribution in [2.75, 3.05) is 32.5 Å². The second-order valence-electron chi connectivity index (χ2n) is 5.73. The highest BCUT2D eigenvalue weighted by atomic mass is 32.2. The Balaban J connectivity index is 1.57. The maximum atomic E-state index is 12.2. The van der Waals surface area contributed by atoms with E-state index in [0.717, 1.165) is 5.56 Å². The summed E-state index contributed by atoms with van der Waals surface area (Å²) < 4.78 is 30.1. The maximum absolute atomic E-state index is 12.2. The molecule has 2 aromatic rings. The number of carbonyl (C=O) groups excluding carboxylic acids is 1. The minimum absolute atomic E-state index is 0.217. The van der Waals surface area contributed by atoms with Gasteiger partial charge < -0.3 is 10.1 Å². The van der Waals surface area contributed by atoms with Crippen molar-refractivity contribution in [3.05, 3.63) is 36.3 Å². The number of ether oxygens (including phenoxy) is 1. The molecule has 2 N–H and O–H groups in total. The predicted molar refractivity (Wildman–Crippen MR) is 90.3 cm³/mol. The lowest BCUT2D eigenvalue weighted by atomic mass is 10.2. The minimum Gasteiger partial charge on any atom is -0.374 e. The Morgan fingerprint density at radius 1 is 1.44 bits per heavy atom. The van der Waals surface area contributed by atoms with Crippen LogP contribution in [0.15, 0.2) is 30.6 Å². The summed E-state index contributed by atoms with van der Waals surface area (Å²) in [7, 11) is -3.26. The molecule has 2 aromatic heterocycles. The number of aromatic amines is 1. The Kier molecular flexibility index (Phi) is 5.11. The van der Waals surface area contributed by atoms with E-state index in [-0.39, 0.29) is 25.1 Å². The molecule has 0 bridgehead atoms. The van der Waals surface area contributed by atoms with E-state index >= 15 is 0 Å². The number of hydrogen-bond donors (Lipinski definition) is 2. The fourth-order valence-electron chi connectivity index (χ4n) is 2.53. The first kappa shape index (κ1) is 17.5. The van der Waals surface area contributed by atoms with Crippen LogP contribution in [0.2, 0.25) is 0 Å². The highest BCUT2D eigenvalue weighted by molar-refractivity contribution is 7.88. The zero-order valence-corrected chi connectivity index (χ0v) is 14.5. The quantitative estimate of drug-likeness (QED) is 0.762. The van der Waals surface area contributed by atoms with Gasteiger partial charge in [-0.3, -0.25) is 14.9 Å². The van der Waals surface area contributed by atoms with Gasteiger partial charge in [-0.15, -0.1) is 0 Å². The molecule has 0 saturated carbocycles. The molecule has 0 radical (unpaired) electrons. The van der Waals surface area contributed by atoms with E-state index in [1.807, 2.05) is 0 Å². The molecule has 25 heavy (non-hydrogen) atoms. The Morgan fingerprint density at radius 3 is 2.92 bits per heavy atom. The molecule has 0 unspecified atom stereocenters. The Labute approximate surface area is 145 Å². The molecule has 1 saturated heterocycles. The van der Waals surface area contributed by atoms with Gasteiger partial charge in [-0.05, 0) is 18.2 Å². The zero-order chi connectivity index (χ0) is 17.9. The van der Waals surface area contributed by atoms with Gasteiger partial charge in [0.25, 0.3) is 5.91 Å². The summed E-state index contributed by atoms with van der Waals surface area (Å²) in [6, 6.07) is 5.25. The normalized spacial score (nSPS) is 18.8. The molecule has 1 fully saturated rings. The highest BCUT2D eigenvalue weighted by Gasteiger charge is 2.26. The van der Waals surface area contributed by atoms with Crippen LogP contribution in [0.3, 0.4) is 0 Å². The van der Waals surface area contributed by atoms with E-state index in [4.69, 9.17) is 4.74 Å². The number of H-pyrrole nitrogens is 1.